The number of aromatic amines is 1. The number of hydrogen-bond donors (Lipinski definition) is 2. The summed E-state index contributed by atoms with van der Waals surface area (Å²) >= 11 is 0. The third-order valence-corrected chi connectivity index (χ3v) is 5.18. The zero-order valence-corrected chi connectivity index (χ0v) is 15.4. The fraction of sp³-hybridized carbons (Fsp3) is 0.500. The van der Waals surface area contributed by atoms with Crippen LogP contribution in [0.5, 0.6) is 0 Å². The second kappa shape index (κ2) is 8.05. The van der Waals surface area contributed by atoms with Crippen molar-refractivity contribution < 1.29 is 9.59 Å². The lowest BCUT2D eigenvalue weighted by Crippen LogP contribution is -2.57. The summed E-state index contributed by atoms with van der Waals surface area (Å²) in [5.41, 5.74) is 1.74. The number of rotatable bonds is 3. The third kappa shape index (κ3) is 3.68. The van der Waals surface area contributed by atoms with Crippen molar-refractivity contribution in [2.75, 3.05) is 32.7 Å². The molecule has 2 aliphatic rings. The molecule has 4 rings (SSSR count). The molecule has 1 atom stereocenters. The van der Waals surface area contributed by atoms with Gasteiger partial charge in [0.25, 0.3) is 0 Å². The van der Waals surface area contributed by atoms with Gasteiger partial charge in [0.05, 0.1) is 24.2 Å². The van der Waals surface area contributed by atoms with Gasteiger partial charge in [-0.05, 0) is 18.9 Å². The number of para-hydroxylation sites is 1. The lowest BCUT2D eigenvalue weighted by molar-refractivity contribution is -0.140. The van der Waals surface area contributed by atoms with Crippen molar-refractivity contribution in [2.45, 2.75) is 25.3 Å². The molecule has 0 saturated carbocycles. The predicted molar refractivity (Wildman–Crippen MR) is 101 cm³/mol. The largest absolute Gasteiger partial charge is 0.340 e. The molecule has 0 spiro atoms. The maximum absolute atomic E-state index is 12.8. The van der Waals surface area contributed by atoms with Gasteiger partial charge in [0.2, 0.25) is 11.8 Å². The lowest BCUT2D eigenvalue weighted by Gasteiger charge is -2.41. The molecule has 2 saturated heterocycles. The van der Waals surface area contributed by atoms with Gasteiger partial charge in [-0.25, -0.2) is 0 Å². The molecule has 2 N–H and O–H groups in total. The molecule has 26 heavy (non-hydrogen) atoms. The van der Waals surface area contributed by atoms with E-state index in [4.69, 9.17) is 0 Å². The van der Waals surface area contributed by atoms with Crippen molar-refractivity contribution in [3.8, 4) is 0 Å². The minimum atomic E-state index is 0. The highest BCUT2D eigenvalue weighted by Crippen LogP contribution is 2.20. The second-order valence-corrected chi connectivity index (χ2v) is 6.80. The average molecular weight is 378 g/mol. The van der Waals surface area contributed by atoms with Crippen LogP contribution in [0, 0.1) is 0 Å². The number of halogens is 1. The van der Waals surface area contributed by atoms with Gasteiger partial charge in [-0.2, -0.15) is 5.10 Å². The number of fused-ring (bicyclic) bond motifs is 1. The standard InChI is InChI=1S/C18H23N5O2.ClH/c24-17(10-16-14-5-1-2-6-15(14)20-21-16)22-8-3-4-13(12-22)23-9-7-19-11-18(23)25;/h1-2,5-6,13,19H,3-4,7-12H2,(H,20,21);1H. The van der Waals surface area contributed by atoms with E-state index in [0.29, 0.717) is 19.5 Å². The topological polar surface area (TPSA) is 81.3 Å². The molecule has 0 bridgehead atoms. The van der Waals surface area contributed by atoms with Gasteiger partial charge in [-0.3, -0.25) is 14.7 Å². The predicted octanol–water partition coefficient (Wildman–Crippen LogP) is 0.950. The van der Waals surface area contributed by atoms with E-state index in [0.717, 1.165) is 49.1 Å². The number of nitrogens with zero attached hydrogens (tertiary/aromatic N) is 3. The van der Waals surface area contributed by atoms with Crippen LogP contribution >= 0.6 is 12.4 Å². The number of nitrogens with one attached hydrogen (secondary N) is 2. The van der Waals surface area contributed by atoms with E-state index in [-0.39, 0.29) is 30.3 Å². The maximum Gasteiger partial charge on any atom is 0.236 e. The molecule has 1 aromatic carbocycles. The summed E-state index contributed by atoms with van der Waals surface area (Å²) in [4.78, 5) is 28.7. The smallest absolute Gasteiger partial charge is 0.236 e. The summed E-state index contributed by atoms with van der Waals surface area (Å²) in [5.74, 6) is 0.242. The summed E-state index contributed by atoms with van der Waals surface area (Å²) in [5, 5.41) is 11.4. The van der Waals surface area contributed by atoms with Gasteiger partial charge in [0, 0.05) is 37.6 Å². The van der Waals surface area contributed by atoms with Crippen molar-refractivity contribution >= 4 is 35.1 Å². The molecular formula is C18H24ClN5O2. The highest BCUT2D eigenvalue weighted by Gasteiger charge is 2.31. The fourth-order valence-corrected chi connectivity index (χ4v) is 3.85. The Hall–Kier alpha value is -2.12. The Labute approximate surface area is 158 Å². The second-order valence-electron chi connectivity index (χ2n) is 6.80. The Morgan fingerprint density at radius 3 is 2.96 bits per heavy atom. The molecular weight excluding hydrogens is 354 g/mol. The first-order valence-corrected chi connectivity index (χ1v) is 8.92. The first-order chi connectivity index (χ1) is 12.2. The Kier molecular flexibility index (Phi) is 5.78. The summed E-state index contributed by atoms with van der Waals surface area (Å²) < 4.78 is 0. The summed E-state index contributed by atoms with van der Waals surface area (Å²) in [6, 6.07) is 7.96. The van der Waals surface area contributed by atoms with E-state index in [9.17, 15) is 9.59 Å². The van der Waals surface area contributed by atoms with Gasteiger partial charge in [-0.1, -0.05) is 18.2 Å². The third-order valence-electron chi connectivity index (χ3n) is 5.18. The number of amides is 2. The molecule has 3 heterocycles. The minimum absolute atomic E-state index is 0. The first-order valence-electron chi connectivity index (χ1n) is 8.92. The van der Waals surface area contributed by atoms with Gasteiger partial charge >= 0.3 is 0 Å². The lowest BCUT2D eigenvalue weighted by atomic mass is 10.0. The highest BCUT2D eigenvalue weighted by molar-refractivity contribution is 5.87. The Bertz CT molecular complexity index is 793. The van der Waals surface area contributed by atoms with Crippen LogP contribution in [0.4, 0.5) is 0 Å². The van der Waals surface area contributed by atoms with Crippen LogP contribution in [0.25, 0.3) is 10.9 Å². The number of likely N-dealkylation sites (tertiary alicyclic amines) is 1. The number of piperazine rings is 1. The molecule has 2 fully saturated rings. The van der Waals surface area contributed by atoms with Crippen LogP contribution in [0.2, 0.25) is 0 Å². The molecule has 8 heteroatoms. The van der Waals surface area contributed by atoms with Crippen molar-refractivity contribution in [3.05, 3.63) is 30.0 Å². The van der Waals surface area contributed by atoms with Crippen molar-refractivity contribution in [2.24, 2.45) is 0 Å². The zero-order valence-electron chi connectivity index (χ0n) is 14.6. The van der Waals surface area contributed by atoms with E-state index in [1.54, 1.807) is 0 Å². The Morgan fingerprint density at radius 2 is 2.12 bits per heavy atom. The molecule has 1 unspecified atom stereocenters. The number of H-pyrrole nitrogens is 1. The molecule has 2 aliphatic heterocycles. The van der Waals surface area contributed by atoms with Gasteiger partial charge in [0.15, 0.2) is 0 Å². The maximum atomic E-state index is 12.8. The van der Waals surface area contributed by atoms with Crippen molar-refractivity contribution in [3.63, 3.8) is 0 Å². The quantitative estimate of drug-likeness (QED) is 0.834. The van der Waals surface area contributed by atoms with E-state index in [1.165, 1.54) is 0 Å². The number of aromatic nitrogens is 2. The summed E-state index contributed by atoms with van der Waals surface area (Å²) in [7, 11) is 0. The van der Waals surface area contributed by atoms with Crippen molar-refractivity contribution in [1.82, 2.24) is 25.3 Å². The zero-order chi connectivity index (χ0) is 17.2. The van der Waals surface area contributed by atoms with Crippen molar-refractivity contribution in [1.29, 1.82) is 0 Å². The fourth-order valence-electron chi connectivity index (χ4n) is 3.85. The number of piperidine rings is 1. The summed E-state index contributed by atoms with van der Waals surface area (Å²) in [6.07, 6.45) is 2.24. The van der Waals surface area contributed by atoms with E-state index in [2.05, 4.69) is 15.5 Å². The normalized spacial score (nSPS) is 20.9. The Morgan fingerprint density at radius 1 is 1.27 bits per heavy atom. The Balaban J connectivity index is 0.00000196. The number of carbonyl (C=O) groups is 2. The molecule has 7 nitrogen and oxygen atoms in total. The molecule has 0 radical (unpaired) electrons. The molecule has 140 valence electrons. The van der Waals surface area contributed by atoms with E-state index < -0.39 is 0 Å². The molecule has 2 aromatic rings. The molecule has 1 aromatic heterocycles. The van der Waals surface area contributed by atoms with Gasteiger partial charge in [0.1, 0.15) is 0 Å². The minimum Gasteiger partial charge on any atom is -0.340 e. The molecule has 0 aliphatic carbocycles. The average Bonchev–Trinajstić information content (AvgIpc) is 3.05. The van der Waals surface area contributed by atoms with E-state index in [1.807, 2.05) is 34.1 Å². The van der Waals surface area contributed by atoms with Crippen LogP contribution in [0.3, 0.4) is 0 Å². The SMILES string of the molecule is Cl.O=C(Cc1[nH]nc2ccccc12)N1CCCC(N2CCNCC2=O)C1. The van der Waals surface area contributed by atoms with Crippen LogP contribution in [0.15, 0.2) is 24.3 Å². The van der Waals surface area contributed by atoms with Gasteiger partial charge in [-0.15, -0.1) is 12.4 Å². The summed E-state index contributed by atoms with van der Waals surface area (Å²) in [6.45, 7) is 3.37. The molecule has 2 amide bonds. The van der Waals surface area contributed by atoms with Gasteiger partial charge < -0.3 is 15.1 Å². The van der Waals surface area contributed by atoms with Crippen LogP contribution in [-0.4, -0.2) is 70.6 Å². The monoisotopic (exact) mass is 377 g/mol. The first kappa shape index (κ1) is 18.7. The van der Waals surface area contributed by atoms with Crippen LogP contribution in [0.1, 0.15) is 18.5 Å². The number of benzene rings is 1. The number of carbonyl (C=O) groups excluding carboxylic acids is 2. The highest BCUT2D eigenvalue weighted by atomic mass is 35.5. The van der Waals surface area contributed by atoms with Crippen LogP contribution < -0.4 is 5.32 Å². The van der Waals surface area contributed by atoms with Crippen LogP contribution in [-0.2, 0) is 16.0 Å². The van der Waals surface area contributed by atoms with E-state index >= 15 is 0 Å². The number of hydrogen-bond acceptors (Lipinski definition) is 4.